The summed E-state index contributed by atoms with van der Waals surface area (Å²) < 4.78 is 37.9. The number of alkyl halides is 3. The molecule has 0 aliphatic carbocycles. The highest BCUT2D eigenvalue weighted by molar-refractivity contribution is 6.09. The smallest absolute Gasteiger partial charge is 0.312 e. The molecule has 2 aliphatic heterocycles. The summed E-state index contributed by atoms with van der Waals surface area (Å²) in [6, 6.07) is 8.12. The minimum Gasteiger partial charge on any atom is -0.312 e. The molecule has 1 aromatic heterocycles. The first kappa shape index (κ1) is 23.3. The van der Waals surface area contributed by atoms with E-state index in [2.05, 4.69) is 15.6 Å². The van der Waals surface area contributed by atoms with Crippen LogP contribution in [-0.4, -0.2) is 35.9 Å². The lowest BCUT2D eigenvalue weighted by atomic mass is 10.1. The predicted molar refractivity (Wildman–Crippen MR) is 119 cm³/mol. The third-order valence-electron chi connectivity index (χ3n) is 5.55. The maximum Gasteiger partial charge on any atom is 0.417 e. The molecule has 0 radical (unpaired) electrons. The first-order valence-corrected chi connectivity index (χ1v) is 10.8. The molecule has 178 valence electrons. The Kier molecular flexibility index (Phi) is 6.53. The first-order valence-electron chi connectivity index (χ1n) is 10.8. The lowest BCUT2D eigenvalue weighted by molar-refractivity contribution is -0.137. The molecule has 0 bridgehead atoms. The molecule has 4 rings (SSSR count). The SMILES string of the molecule is O=C(NC1=CCCN(c2ccc(N3CCCCC3=O)cc2)C1=O)Nc1ccc(C(F)(F)F)cn1. The predicted octanol–water partition coefficient (Wildman–Crippen LogP) is 4.06. The van der Waals surface area contributed by atoms with Crippen LogP contribution in [0.5, 0.6) is 0 Å². The van der Waals surface area contributed by atoms with E-state index in [0.29, 0.717) is 37.8 Å². The minimum atomic E-state index is -4.53. The van der Waals surface area contributed by atoms with Crippen LogP contribution in [0.4, 0.5) is 35.2 Å². The number of amides is 4. The van der Waals surface area contributed by atoms with Crippen molar-refractivity contribution in [1.29, 1.82) is 0 Å². The zero-order valence-corrected chi connectivity index (χ0v) is 18.1. The molecule has 0 spiro atoms. The number of nitrogens with one attached hydrogen (secondary N) is 2. The van der Waals surface area contributed by atoms with Crippen LogP contribution in [0, 0.1) is 0 Å². The van der Waals surface area contributed by atoms with Gasteiger partial charge < -0.3 is 15.1 Å². The number of carbonyl (C=O) groups excluding carboxylic acids is 3. The molecule has 3 heterocycles. The number of urea groups is 1. The van der Waals surface area contributed by atoms with E-state index < -0.39 is 23.7 Å². The Balaban J connectivity index is 1.38. The fourth-order valence-electron chi connectivity index (χ4n) is 3.82. The third-order valence-corrected chi connectivity index (χ3v) is 5.55. The van der Waals surface area contributed by atoms with Gasteiger partial charge in [-0.2, -0.15) is 13.2 Å². The Bertz CT molecular complexity index is 1110. The van der Waals surface area contributed by atoms with Crippen LogP contribution in [0.15, 0.2) is 54.4 Å². The Labute approximate surface area is 193 Å². The van der Waals surface area contributed by atoms with Crippen molar-refractivity contribution in [3.8, 4) is 0 Å². The average Bonchev–Trinajstić information content (AvgIpc) is 2.81. The second-order valence-electron chi connectivity index (χ2n) is 7.89. The topological polar surface area (TPSA) is 94.6 Å². The number of hydrogen-bond donors (Lipinski definition) is 2. The van der Waals surface area contributed by atoms with Crippen LogP contribution in [0.1, 0.15) is 31.2 Å². The standard InChI is InChI=1S/C23H22F3N5O3/c24-23(25,26)15-6-11-19(27-14-15)29-22(34)28-18-4-3-13-31(21(18)33)17-9-7-16(8-10-17)30-12-2-1-5-20(30)32/h4,6-11,14H,1-3,5,12-13H2,(H2,27,28,29,34). The number of pyridine rings is 1. The lowest BCUT2D eigenvalue weighted by Gasteiger charge is -2.29. The van der Waals surface area contributed by atoms with Crippen molar-refractivity contribution in [2.45, 2.75) is 31.9 Å². The molecule has 1 saturated heterocycles. The Morgan fingerprint density at radius 2 is 1.62 bits per heavy atom. The molecule has 4 amide bonds. The highest BCUT2D eigenvalue weighted by atomic mass is 19.4. The highest BCUT2D eigenvalue weighted by Crippen LogP contribution is 2.29. The van der Waals surface area contributed by atoms with Crippen molar-refractivity contribution in [2.24, 2.45) is 0 Å². The number of nitrogens with zero attached hydrogens (tertiary/aromatic N) is 3. The summed E-state index contributed by atoms with van der Waals surface area (Å²) in [6.07, 6.45) is 0.520. The molecule has 2 aliphatic rings. The summed E-state index contributed by atoms with van der Waals surface area (Å²) in [4.78, 5) is 44.1. The average molecular weight is 473 g/mol. The fourth-order valence-corrected chi connectivity index (χ4v) is 3.82. The molecule has 2 N–H and O–H groups in total. The van der Waals surface area contributed by atoms with Gasteiger partial charge in [-0.05, 0) is 55.7 Å². The molecule has 1 aromatic carbocycles. The Hall–Kier alpha value is -3.89. The summed E-state index contributed by atoms with van der Waals surface area (Å²) in [5, 5.41) is 4.75. The van der Waals surface area contributed by atoms with E-state index in [1.165, 1.54) is 4.90 Å². The maximum atomic E-state index is 12.9. The van der Waals surface area contributed by atoms with E-state index in [4.69, 9.17) is 0 Å². The monoisotopic (exact) mass is 473 g/mol. The lowest BCUT2D eigenvalue weighted by Crippen LogP contribution is -2.43. The van der Waals surface area contributed by atoms with Crippen molar-refractivity contribution in [1.82, 2.24) is 10.3 Å². The van der Waals surface area contributed by atoms with E-state index in [-0.39, 0.29) is 17.4 Å². The summed E-state index contributed by atoms with van der Waals surface area (Å²) in [5.41, 5.74) is 0.506. The van der Waals surface area contributed by atoms with Crippen molar-refractivity contribution < 1.29 is 27.6 Å². The van der Waals surface area contributed by atoms with Gasteiger partial charge in [-0.1, -0.05) is 6.08 Å². The third kappa shape index (κ3) is 5.19. The second kappa shape index (κ2) is 9.54. The van der Waals surface area contributed by atoms with Crippen molar-refractivity contribution in [3.63, 3.8) is 0 Å². The van der Waals surface area contributed by atoms with E-state index in [9.17, 15) is 27.6 Å². The molecule has 34 heavy (non-hydrogen) atoms. The van der Waals surface area contributed by atoms with Crippen LogP contribution >= 0.6 is 0 Å². The molecule has 1 fully saturated rings. The van der Waals surface area contributed by atoms with Crippen LogP contribution in [-0.2, 0) is 15.8 Å². The van der Waals surface area contributed by atoms with Gasteiger partial charge in [0.15, 0.2) is 0 Å². The molecule has 2 aromatic rings. The van der Waals surface area contributed by atoms with Crippen molar-refractivity contribution in [2.75, 3.05) is 28.2 Å². The van der Waals surface area contributed by atoms with Gasteiger partial charge in [0.2, 0.25) is 5.91 Å². The number of halogens is 3. The van der Waals surface area contributed by atoms with Gasteiger partial charge >= 0.3 is 12.2 Å². The number of aromatic nitrogens is 1. The molecule has 0 unspecified atom stereocenters. The normalized spacial score (nSPS) is 16.9. The molecular formula is C23H22F3N5O3. The van der Waals surface area contributed by atoms with Gasteiger partial charge in [0.1, 0.15) is 11.5 Å². The number of carbonyl (C=O) groups is 3. The minimum absolute atomic E-state index is 0.0472. The zero-order valence-electron chi connectivity index (χ0n) is 18.1. The second-order valence-corrected chi connectivity index (χ2v) is 7.89. The first-order chi connectivity index (χ1) is 16.2. The van der Waals surface area contributed by atoms with Gasteiger partial charge in [-0.15, -0.1) is 0 Å². The Morgan fingerprint density at radius 1 is 0.912 bits per heavy atom. The maximum absolute atomic E-state index is 12.9. The van der Waals surface area contributed by atoms with E-state index in [0.717, 1.165) is 30.7 Å². The van der Waals surface area contributed by atoms with Crippen molar-refractivity contribution >= 4 is 35.0 Å². The number of piperidine rings is 1. The Morgan fingerprint density at radius 3 is 2.24 bits per heavy atom. The summed E-state index contributed by atoms with van der Waals surface area (Å²) in [7, 11) is 0. The highest BCUT2D eigenvalue weighted by Gasteiger charge is 2.31. The largest absolute Gasteiger partial charge is 0.417 e. The number of rotatable bonds is 4. The van der Waals surface area contributed by atoms with Crippen LogP contribution < -0.4 is 20.4 Å². The quantitative estimate of drug-likeness (QED) is 0.700. The van der Waals surface area contributed by atoms with E-state index in [1.54, 1.807) is 35.2 Å². The van der Waals surface area contributed by atoms with Crippen LogP contribution in [0.3, 0.4) is 0 Å². The number of hydrogen-bond acceptors (Lipinski definition) is 4. The summed E-state index contributed by atoms with van der Waals surface area (Å²) in [5.74, 6) is -0.436. The molecule has 11 heteroatoms. The number of benzene rings is 1. The molecular weight excluding hydrogens is 451 g/mol. The van der Waals surface area contributed by atoms with Gasteiger partial charge in [-0.3, -0.25) is 14.9 Å². The van der Waals surface area contributed by atoms with Crippen LogP contribution in [0.25, 0.3) is 0 Å². The summed E-state index contributed by atoms with van der Waals surface area (Å²) in [6.45, 7) is 1.08. The number of anilines is 3. The summed E-state index contributed by atoms with van der Waals surface area (Å²) >= 11 is 0. The zero-order chi connectivity index (χ0) is 24.3. The van der Waals surface area contributed by atoms with Crippen LogP contribution in [0.2, 0.25) is 0 Å². The van der Waals surface area contributed by atoms with Gasteiger partial charge in [0, 0.05) is 37.1 Å². The van der Waals surface area contributed by atoms with Gasteiger partial charge in [0.25, 0.3) is 5.91 Å². The molecule has 8 nitrogen and oxygen atoms in total. The van der Waals surface area contributed by atoms with E-state index >= 15 is 0 Å². The fraction of sp³-hybridized carbons (Fsp3) is 0.304. The van der Waals surface area contributed by atoms with Gasteiger partial charge in [0.05, 0.1) is 5.56 Å². The van der Waals surface area contributed by atoms with Gasteiger partial charge in [-0.25, -0.2) is 9.78 Å². The van der Waals surface area contributed by atoms with Crippen molar-refractivity contribution in [3.05, 3.63) is 59.9 Å². The van der Waals surface area contributed by atoms with E-state index in [1.807, 2.05) is 0 Å². The molecule has 0 saturated carbocycles. The molecule has 0 atom stereocenters.